The number of hydrogen-bond donors (Lipinski definition) is 0. The van der Waals surface area contributed by atoms with Crippen LogP contribution in [0.4, 0.5) is 0 Å². The first-order valence-corrected chi connectivity index (χ1v) is 9.19. The molecule has 0 bridgehead atoms. The van der Waals surface area contributed by atoms with Gasteiger partial charge in [0.05, 0.1) is 18.0 Å². The van der Waals surface area contributed by atoms with Gasteiger partial charge in [0, 0.05) is 23.8 Å². The van der Waals surface area contributed by atoms with Gasteiger partial charge in [0.15, 0.2) is 0 Å². The lowest BCUT2D eigenvalue weighted by molar-refractivity contribution is 0.0759. The summed E-state index contributed by atoms with van der Waals surface area (Å²) >= 11 is 5.78. The highest BCUT2D eigenvalue weighted by Gasteiger charge is 2.38. The fraction of sp³-hybridized carbons (Fsp3) is 0.312. The second-order valence-electron chi connectivity index (χ2n) is 5.75. The van der Waals surface area contributed by atoms with E-state index in [0.29, 0.717) is 10.8 Å². The van der Waals surface area contributed by atoms with Crippen molar-refractivity contribution in [2.24, 2.45) is 7.05 Å². The molecule has 1 aromatic carbocycles. The van der Waals surface area contributed by atoms with Crippen LogP contribution >= 0.6 is 11.6 Å². The molecule has 24 heavy (non-hydrogen) atoms. The molecule has 0 radical (unpaired) electrons. The molecule has 0 saturated carbocycles. The second kappa shape index (κ2) is 6.23. The van der Waals surface area contributed by atoms with Crippen LogP contribution in [-0.4, -0.2) is 36.5 Å². The molecule has 0 spiro atoms. The Bertz CT molecular complexity index is 916. The van der Waals surface area contributed by atoms with Gasteiger partial charge in [-0.15, -0.1) is 0 Å². The summed E-state index contributed by atoms with van der Waals surface area (Å²) in [5.74, 6) is 0.462. The number of halogens is 1. The van der Waals surface area contributed by atoms with E-state index in [-0.39, 0.29) is 29.6 Å². The van der Waals surface area contributed by atoms with Gasteiger partial charge in [0.25, 0.3) is 5.56 Å². The second-order valence-corrected chi connectivity index (χ2v) is 8.12. The zero-order chi connectivity index (χ0) is 17.5. The van der Waals surface area contributed by atoms with Crippen molar-refractivity contribution < 1.29 is 13.2 Å². The maximum absolute atomic E-state index is 12.5. The van der Waals surface area contributed by atoms with Crippen LogP contribution in [0.25, 0.3) is 0 Å². The first kappa shape index (κ1) is 17.0. The third-order valence-corrected chi connectivity index (χ3v) is 6.14. The molecule has 1 fully saturated rings. The van der Waals surface area contributed by atoms with E-state index >= 15 is 0 Å². The van der Waals surface area contributed by atoms with Gasteiger partial charge in [-0.05, 0) is 37.3 Å². The van der Waals surface area contributed by atoms with Crippen LogP contribution in [0.5, 0.6) is 5.75 Å². The van der Waals surface area contributed by atoms with Gasteiger partial charge in [-0.1, -0.05) is 11.6 Å². The van der Waals surface area contributed by atoms with Crippen molar-refractivity contribution in [3.05, 3.63) is 57.5 Å². The summed E-state index contributed by atoms with van der Waals surface area (Å²) in [4.78, 5) is 12.0. The van der Waals surface area contributed by atoms with E-state index in [0.717, 1.165) is 5.69 Å². The van der Waals surface area contributed by atoms with Crippen LogP contribution in [0.2, 0.25) is 5.02 Å². The summed E-state index contributed by atoms with van der Waals surface area (Å²) in [6.45, 7) is 2.31. The van der Waals surface area contributed by atoms with Gasteiger partial charge in [-0.25, -0.2) is 8.42 Å². The number of aryl methyl sites for hydroxylation is 1. The molecule has 0 unspecified atom stereocenters. The minimum atomic E-state index is -3.54. The summed E-state index contributed by atoms with van der Waals surface area (Å²) in [5, 5.41) is 0.486. The van der Waals surface area contributed by atoms with Crippen molar-refractivity contribution in [3.63, 3.8) is 0 Å². The zero-order valence-electron chi connectivity index (χ0n) is 13.3. The van der Waals surface area contributed by atoms with Crippen LogP contribution in [0.15, 0.2) is 46.1 Å². The Labute approximate surface area is 145 Å². The van der Waals surface area contributed by atoms with Crippen molar-refractivity contribution in [2.75, 3.05) is 13.1 Å². The van der Waals surface area contributed by atoms with E-state index in [9.17, 15) is 13.2 Å². The highest BCUT2D eigenvalue weighted by molar-refractivity contribution is 7.89. The largest absolute Gasteiger partial charge is 0.487 e. The first-order chi connectivity index (χ1) is 11.3. The average Bonchev–Trinajstić information content (AvgIpc) is 2.48. The van der Waals surface area contributed by atoms with Gasteiger partial charge < -0.3 is 9.30 Å². The van der Waals surface area contributed by atoms with Crippen LogP contribution in [-0.2, 0) is 17.1 Å². The van der Waals surface area contributed by atoms with Crippen molar-refractivity contribution in [1.82, 2.24) is 8.87 Å². The summed E-state index contributed by atoms with van der Waals surface area (Å²) < 4.78 is 33.5. The van der Waals surface area contributed by atoms with E-state index < -0.39 is 10.0 Å². The fourth-order valence-electron chi connectivity index (χ4n) is 2.42. The molecule has 1 aliphatic heterocycles. The zero-order valence-corrected chi connectivity index (χ0v) is 14.8. The summed E-state index contributed by atoms with van der Waals surface area (Å²) in [7, 11) is -1.85. The molecule has 0 amide bonds. The van der Waals surface area contributed by atoms with Gasteiger partial charge >= 0.3 is 0 Å². The first-order valence-electron chi connectivity index (χ1n) is 7.37. The standard InChI is InChI=1S/C16H17ClN2O4S/c1-11-7-13(8-16(20)18(11)2)23-14-9-19(10-14)24(21,22)15-5-3-12(17)4-6-15/h3-8,14H,9-10H2,1-2H3. The van der Waals surface area contributed by atoms with Crippen molar-refractivity contribution in [2.45, 2.75) is 17.9 Å². The monoisotopic (exact) mass is 368 g/mol. The molecule has 0 N–H and O–H groups in total. The van der Waals surface area contributed by atoms with Gasteiger partial charge in [0.2, 0.25) is 10.0 Å². The number of sulfonamides is 1. The third kappa shape index (κ3) is 3.19. The molecule has 1 aliphatic rings. The molecule has 2 aromatic rings. The topological polar surface area (TPSA) is 68.6 Å². The summed E-state index contributed by atoms with van der Waals surface area (Å²) in [6, 6.07) is 9.22. The normalized spacial score (nSPS) is 16.0. The lowest BCUT2D eigenvalue weighted by atomic mass is 10.2. The molecule has 1 aromatic heterocycles. The maximum Gasteiger partial charge on any atom is 0.254 e. The SMILES string of the molecule is Cc1cc(OC2CN(S(=O)(=O)c3ccc(Cl)cc3)C2)cc(=O)n1C. The quantitative estimate of drug-likeness (QED) is 0.825. The Morgan fingerprint density at radius 2 is 1.79 bits per heavy atom. The molecular formula is C16H17ClN2O4S. The smallest absolute Gasteiger partial charge is 0.254 e. The Morgan fingerprint density at radius 3 is 2.38 bits per heavy atom. The summed E-state index contributed by atoms with van der Waals surface area (Å²) in [6.07, 6.45) is -0.265. The third-order valence-electron chi connectivity index (χ3n) is 4.05. The predicted molar refractivity (Wildman–Crippen MR) is 91.0 cm³/mol. The molecule has 2 heterocycles. The minimum Gasteiger partial charge on any atom is -0.487 e. The predicted octanol–water partition coefficient (Wildman–Crippen LogP) is 1.80. The Morgan fingerprint density at radius 1 is 1.17 bits per heavy atom. The van der Waals surface area contributed by atoms with Crippen molar-refractivity contribution >= 4 is 21.6 Å². The van der Waals surface area contributed by atoms with Crippen LogP contribution < -0.4 is 10.3 Å². The minimum absolute atomic E-state index is 0.157. The van der Waals surface area contributed by atoms with E-state index in [4.69, 9.17) is 16.3 Å². The van der Waals surface area contributed by atoms with E-state index in [1.165, 1.54) is 27.1 Å². The molecule has 1 saturated heterocycles. The molecular weight excluding hydrogens is 352 g/mol. The van der Waals surface area contributed by atoms with Crippen LogP contribution in [0, 0.1) is 6.92 Å². The number of hydrogen-bond acceptors (Lipinski definition) is 4. The number of ether oxygens (including phenoxy) is 1. The number of benzene rings is 1. The molecule has 0 atom stereocenters. The fourth-order valence-corrected chi connectivity index (χ4v) is 4.05. The summed E-state index contributed by atoms with van der Waals surface area (Å²) in [5.41, 5.74) is 0.623. The van der Waals surface area contributed by atoms with Crippen molar-refractivity contribution in [1.29, 1.82) is 0 Å². The molecule has 6 nitrogen and oxygen atoms in total. The Hall–Kier alpha value is -1.83. The maximum atomic E-state index is 12.5. The lowest BCUT2D eigenvalue weighted by Crippen LogP contribution is -2.56. The van der Waals surface area contributed by atoms with E-state index in [2.05, 4.69) is 0 Å². The lowest BCUT2D eigenvalue weighted by Gasteiger charge is -2.37. The molecule has 8 heteroatoms. The van der Waals surface area contributed by atoms with Gasteiger partial charge in [-0.2, -0.15) is 4.31 Å². The van der Waals surface area contributed by atoms with Gasteiger partial charge in [0.1, 0.15) is 11.9 Å². The highest BCUT2D eigenvalue weighted by Crippen LogP contribution is 2.25. The van der Waals surface area contributed by atoms with Crippen LogP contribution in [0.3, 0.4) is 0 Å². The van der Waals surface area contributed by atoms with E-state index in [1.807, 2.05) is 6.92 Å². The molecule has 0 aliphatic carbocycles. The number of nitrogens with zero attached hydrogens (tertiary/aromatic N) is 2. The van der Waals surface area contributed by atoms with Gasteiger partial charge in [-0.3, -0.25) is 4.79 Å². The Kier molecular flexibility index (Phi) is 4.42. The number of rotatable bonds is 4. The molecule has 128 valence electrons. The van der Waals surface area contributed by atoms with E-state index in [1.54, 1.807) is 25.2 Å². The Balaban J connectivity index is 1.67. The number of aromatic nitrogens is 1. The number of pyridine rings is 1. The van der Waals surface area contributed by atoms with Crippen LogP contribution in [0.1, 0.15) is 5.69 Å². The highest BCUT2D eigenvalue weighted by atomic mass is 35.5. The average molecular weight is 369 g/mol. The molecule has 3 rings (SSSR count). The van der Waals surface area contributed by atoms with Crippen molar-refractivity contribution in [3.8, 4) is 5.75 Å².